The van der Waals surface area contributed by atoms with Crippen LogP contribution in [0.5, 0.6) is 0 Å². The molecule has 4 heteroatoms. The quantitative estimate of drug-likeness (QED) is 0.768. The van der Waals surface area contributed by atoms with Gasteiger partial charge < -0.3 is 0 Å². The Morgan fingerprint density at radius 1 is 1.07 bits per heavy atom. The highest BCUT2D eigenvalue weighted by Gasteiger charge is 2.06. The van der Waals surface area contributed by atoms with Crippen LogP contribution < -0.4 is 0 Å². The van der Waals surface area contributed by atoms with Gasteiger partial charge in [0.05, 0.1) is 11.9 Å². The van der Waals surface area contributed by atoms with Crippen LogP contribution in [0.1, 0.15) is 0 Å². The summed E-state index contributed by atoms with van der Waals surface area (Å²) in [5.41, 5.74) is 0.763. The van der Waals surface area contributed by atoms with Gasteiger partial charge in [-0.2, -0.15) is 0 Å². The summed E-state index contributed by atoms with van der Waals surface area (Å²) in [5.74, 6) is -0.813. The fraction of sp³-hybridized carbons (Fsp3) is 0. The average molecular weight is 270 g/mol. The van der Waals surface area contributed by atoms with Crippen LogP contribution >= 0.6 is 15.9 Å². The number of benzene rings is 1. The molecular formula is C11H6BrF2N. The van der Waals surface area contributed by atoms with Crippen LogP contribution in [0.2, 0.25) is 0 Å². The minimum absolute atomic E-state index is 0.351. The van der Waals surface area contributed by atoms with Crippen molar-refractivity contribution in [1.82, 2.24) is 4.98 Å². The lowest BCUT2D eigenvalue weighted by atomic mass is 10.1. The van der Waals surface area contributed by atoms with E-state index in [1.165, 1.54) is 18.2 Å². The zero-order valence-corrected chi connectivity index (χ0v) is 9.13. The molecule has 1 heterocycles. The lowest BCUT2D eigenvalue weighted by Crippen LogP contribution is -1.88. The minimum atomic E-state index is -0.436. The summed E-state index contributed by atoms with van der Waals surface area (Å²) in [5, 5.41) is 0. The van der Waals surface area contributed by atoms with Gasteiger partial charge in [0.1, 0.15) is 11.6 Å². The molecule has 2 aromatic rings. The van der Waals surface area contributed by atoms with Crippen molar-refractivity contribution in [2.75, 3.05) is 0 Å². The van der Waals surface area contributed by atoms with Crippen LogP contribution in [0, 0.1) is 11.6 Å². The first-order chi connectivity index (χ1) is 7.16. The van der Waals surface area contributed by atoms with Crippen molar-refractivity contribution in [2.45, 2.75) is 0 Å². The molecule has 0 radical (unpaired) electrons. The fourth-order valence-corrected chi connectivity index (χ4v) is 1.59. The molecule has 0 saturated carbocycles. The maximum absolute atomic E-state index is 13.4. The number of halogens is 3. The van der Waals surface area contributed by atoms with E-state index in [-0.39, 0.29) is 5.82 Å². The molecule has 1 aromatic carbocycles. The van der Waals surface area contributed by atoms with Gasteiger partial charge in [-0.15, -0.1) is 0 Å². The predicted octanol–water partition coefficient (Wildman–Crippen LogP) is 3.79. The first-order valence-electron chi connectivity index (χ1n) is 4.24. The summed E-state index contributed by atoms with van der Waals surface area (Å²) >= 11 is 3.24. The van der Waals surface area contributed by atoms with Gasteiger partial charge in [0.2, 0.25) is 0 Å². The van der Waals surface area contributed by atoms with Gasteiger partial charge in [-0.3, -0.25) is 4.98 Å². The number of rotatable bonds is 1. The molecule has 0 aliphatic carbocycles. The molecule has 2 rings (SSSR count). The smallest absolute Gasteiger partial charge is 0.141 e. The predicted molar refractivity (Wildman–Crippen MR) is 57.3 cm³/mol. The zero-order valence-electron chi connectivity index (χ0n) is 7.55. The Morgan fingerprint density at radius 3 is 2.53 bits per heavy atom. The van der Waals surface area contributed by atoms with E-state index >= 15 is 0 Å². The molecule has 0 aliphatic rings. The second-order valence-corrected chi connectivity index (χ2v) is 3.90. The Balaban J connectivity index is 2.53. The summed E-state index contributed by atoms with van der Waals surface area (Å²) < 4.78 is 26.8. The molecule has 0 atom stereocenters. The van der Waals surface area contributed by atoms with Gasteiger partial charge in [0, 0.05) is 10.0 Å². The molecule has 0 unspecified atom stereocenters. The van der Waals surface area contributed by atoms with Crippen LogP contribution in [0.3, 0.4) is 0 Å². The van der Waals surface area contributed by atoms with E-state index in [0.717, 1.165) is 10.7 Å². The number of aromatic nitrogens is 1. The van der Waals surface area contributed by atoms with Crippen LogP contribution in [0.25, 0.3) is 11.3 Å². The molecule has 1 aromatic heterocycles. The highest BCUT2D eigenvalue weighted by atomic mass is 79.9. The van der Waals surface area contributed by atoms with Crippen molar-refractivity contribution in [3.05, 3.63) is 52.6 Å². The Bertz CT molecular complexity index is 482. The van der Waals surface area contributed by atoms with Crippen molar-refractivity contribution in [3.63, 3.8) is 0 Å². The van der Waals surface area contributed by atoms with Crippen molar-refractivity contribution < 1.29 is 8.78 Å². The minimum Gasteiger partial charge on any atom is -0.253 e. The first-order valence-corrected chi connectivity index (χ1v) is 5.03. The third-order valence-corrected chi connectivity index (χ3v) is 2.42. The maximum atomic E-state index is 13.4. The number of nitrogens with zero attached hydrogens (tertiary/aromatic N) is 1. The van der Waals surface area contributed by atoms with Crippen molar-refractivity contribution in [3.8, 4) is 11.3 Å². The fourth-order valence-electron chi connectivity index (χ4n) is 1.23. The van der Waals surface area contributed by atoms with E-state index in [4.69, 9.17) is 0 Å². The molecule has 1 nitrogen and oxygen atoms in total. The summed E-state index contributed by atoms with van der Waals surface area (Å²) in [6.07, 6.45) is 1.07. The monoisotopic (exact) mass is 269 g/mol. The normalized spacial score (nSPS) is 10.3. The van der Waals surface area contributed by atoms with Gasteiger partial charge in [-0.25, -0.2) is 8.78 Å². The van der Waals surface area contributed by atoms with Crippen molar-refractivity contribution in [1.29, 1.82) is 0 Å². The van der Waals surface area contributed by atoms with E-state index in [1.807, 2.05) is 0 Å². The van der Waals surface area contributed by atoms with E-state index in [1.54, 1.807) is 12.1 Å². The molecule has 0 aliphatic heterocycles. The van der Waals surface area contributed by atoms with Crippen LogP contribution in [-0.2, 0) is 0 Å². The molecule has 15 heavy (non-hydrogen) atoms. The van der Waals surface area contributed by atoms with Gasteiger partial charge in [-0.1, -0.05) is 15.9 Å². The van der Waals surface area contributed by atoms with Gasteiger partial charge >= 0.3 is 0 Å². The summed E-state index contributed by atoms with van der Waals surface area (Å²) in [7, 11) is 0. The zero-order chi connectivity index (χ0) is 10.8. The standard InChI is InChI=1S/C11H6BrF2N/c12-7-1-3-10(14)9(5-7)11-4-2-8(13)6-15-11/h1-6H. The summed E-state index contributed by atoms with van der Waals surface area (Å²) in [4.78, 5) is 3.81. The maximum Gasteiger partial charge on any atom is 0.141 e. The lowest BCUT2D eigenvalue weighted by Gasteiger charge is -2.02. The lowest BCUT2D eigenvalue weighted by molar-refractivity contribution is 0.619. The van der Waals surface area contributed by atoms with Crippen LogP contribution in [-0.4, -0.2) is 4.98 Å². The summed E-state index contributed by atoms with van der Waals surface area (Å²) in [6.45, 7) is 0. The van der Waals surface area contributed by atoms with Gasteiger partial charge in [0.25, 0.3) is 0 Å². The molecule has 76 valence electrons. The highest BCUT2D eigenvalue weighted by Crippen LogP contribution is 2.24. The van der Waals surface area contributed by atoms with Gasteiger partial charge in [0.15, 0.2) is 0 Å². The Morgan fingerprint density at radius 2 is 1.87 bits per heavy atom. The summed E-state index contributed by atoms with van der Waals surface area (Å²) in [6, 6.07) is 7.24. The second-order valence-electron chi connectivity index (χ2n) is 2.99. The number of pyridine rings is 1. The molecular weight excluding hydrogens is 264 g/mol. The third-order valence-electron chi connectivity index (χ3n) is 1.93. The number of hydrogen-bond acceptors (Lipinski definition) is 1. The van der Waals surface area contributed by atoms with E-state index in [2.05, 4.69) is 20.9 Å². The SMILES string of the molecule is Fc1ccc(-c2cc(Br)ccc2F)nc1. The average Bonchev–Trinajstić information content (AvgIpc) is 2.23. The Hall–Kier alpha value is -1.29. The topological polar surface area (TPSA) is 12.9 Å². The third kappa shape index (κ3) is 2.21. The highest BCUT2D eigenvalue weighted by molar-refractivity contribution is 9.10. The van der Waals surface area contributed by atoms with Crippen LogP contribution in [0.15, 0.2) is 41.0 Å². The molecule has 0 N–H and O–H groups in total. The van der Waals surface area contributed by atoms with Crippen molar-refractivity contribution >= 4 is 15.9 Å². The molecule has 0 saturated heterocycles. The second kappa shape index (κ2) is 4.06. The molecule has 0 spiro atoms. The largest absolute Gasteiger partial charge is 0.253 e. The molecule has 0 bridgehead atoms. The first kappa shape index (κ1) is 10.2. The molecule has 0 fully saturated rings. The van der Waals surface area contributed by atoms with E-state index in [9.17, 15) is 8.78 Å². The van der Waals surface area contributed by atoms with E-state index in [0.29, 0.717) is 11.3 Å². The van der Waals surface area contributed by atoms with Gasteiger partial charge in [-0.05, 0) is 30.3 Å². The number of hydrogen-bond donors (Lipinski definition) is 0. The Kier molecular flexibility index (Phi) is 2.77. The van der Waals surface area contributed by atoms with Crippen LogP contribution in [0.4, 0.5) is 8.78 Å². The molecule has 0 amide bonds. The Labute approximate surface area is 93.9 Å². The van der Waals surface area contributed by atoms with Crippen molar-refractivity contribution in [2.24, 2.45) is 0 Å². The van der Waals surface area contributed by atoms with E-state index < -0.39 is 5.82 Å².